The number of rotatable bonds is 5. The van der Waals surface area contributed by atoms with Crippen molar-refractivity contribution in [3.8, 4) is 0 Å². The third kappa shape index (κ3) is 6.20. The van der Waals surface area contributed by atoms with Gasteiger partial charge in [-0.1, -0.05) is 30.3 Å². The summed E-state index contributed by atoms with van der Waals surface area (Å²) in [7, 11) is 0. The average molecular weight is 262 g/mol. The van der Waals surface area contributed by atoms with Gasteiger partial charge in [-0.3, -0.25) is 0 Å². The van der Waals surface area contributed by atoms with Crippen LogP contribution in [0.2, 0.25) is 0 Å². The van der Waals surface area contributed by atoms with Gasteiger partial charge in [0.15, 0.2) is 0 Å². The predicted octanol–water partition coefficient (Wildman–Crippen LogP) is 3.45. The van der Waals surface area contributed by atoms with E-state index in [2.05, 4.69) is 0 Å². The highest BCUT2D eigenvalue weighted by molar-refractivity contribution is 5.94. The van der Waals surface area contributed by atoms with Crippen molar-refractivity contribution in [2.75, 3.05) is 13.2 Å². The molecular weight excluding hydrogens is 240 g/mol. The van der Waals surface area contributed by atoms with Crippen molar-refractivity contribution in [3.63, 3.8) is 0 Å². The van der Waals surface area contributed by atoms with Crippen LogP contribution in [0.5, 0.6) is 0 Å². The Kier molecular flexibility index (Phi) is 5.77. The molecule has 0 N–H and O–H groups in total. The second-order valence-electron chi connectivity index (χ2n) is 5.20. The van der Waals surface area contributed by atoms with E-state index in [0.717, 1.165) is 5.56 Å². The Hall–Kier alpha value is -1.61. The van der Waals surface area contributed by atoms with E-state index in [0.29, 0.717) is 12.2 Å². The summed E-state index contributed by atoms with van der Waals surface area (Å²) >= 11 is 0. The van der Waals surface area contributed by atoms with Crippen LogP contribution in [-0.2, 0) is 14.3 Å². The molecule has 0 saturated carbocycles. The lowest BCUT2D eigenvalue weighted by Gasteiger charge is -2.20. The Morgan fingerprint density at radius 3 is 2.37 bits per heavy atom. The predicted molar refractivity (Wildman–Crippen MR) is 76.8 cm³/mol. The largest absolute Gasteiger partial charge is 0.463 e. The summed E-state index contributed by atoms with van der Waals surface area (Å²) in [6.07, 6.45) is 1.81. The van der Waals surface area contributed by atoms with Gasteiger partial charge in [0.1, 0.15) is 0 Å². The molecule has 3 nitrogen and oxygen atoms in total. The van der Waals surface area contributed by atoms with Crippen LogP contribution >= 0.6 is 0 Å². The topological polar surface area (TPSA) is 35.5 Å². The molecule has 0 unspecified atom stereocenters. The van der Waals surface area contributed by atoms with E-state index in [1.807, 2.05) is 57.2 Å². The Bertz CT molecular complexity index is 427. The first kappa shape index (κ1) is 15.4. The molecule has 0 aliphatic carbocycles. The van der Waals surface area contributed by atoms with Gasteiger partial charge in [-0.2, -0.15) is 0 Å². The van der Waals surface area contributed by atoms with E-state index in [1.165, 1.54) is 0 Å². The van der Waals surface area contributed by atoms with Crippen LogP contribution in [-0.4, -0.2) is 24.8 Å². The SMILES string of the molecule is CCOC(=O)C(=Cc1ccccc1)COC(C)(C)C. The molecule has 0 spiro atoms. The second-order valence-corrected chi connectivity index (χ2v) is 5.20. The summed E-state index contributed by atoms with van der Waals surface area (Å²) in [6.45, 7) is 8.27. The third-order valence-electron chi connectivity index (χ3n) is 2.34. The fourth-order valence-electron chi connectivity index (χ4n) is 1.43. The van der Waals surface area contributed by atoms with E-state index >= 15 is 0 Å². The summed E-state index contributed by atoms with van der Waals surface area (Å²) in [5, 5.41) is 0. The number of ether oxygens (including phenoxy) is 2. The van der Waals surface area contributed by atoms with E-state index in [-0.39, 0.29) is 18.2 Å². The van der Waals surface area contributed by atoms with Gasteiger partial charge >= 0.3 is 5.97 Å². The summed E-state index contributed by atoms with van der Waals surface area (Å²) in [4.78, 5) is 11.9. The maximum Gasteiger partial charge on any atom is 0.336 e. The van der Waals surface area contributed by atoms with Crippen LogP contribution in [0.3, 0.4) is 0 Å². The summed E-state index contributed by atoms with van der Waals surface area (Å²) in [5.74, 6) is -0.324. The van der Waals surface area contributed by atoms with Crippen LogP contribution in [0.1, 0.15) is 33.3 Å². The normalized spacial score (nSPS) is 12.3. The summed E-state index contributed by atoms with van der Waals surface area (Å²) < 4.78 is 10.7. The number of carbonyl (C=O) groups excluding carboxylic acids is 1. The van der Waals surface area contributed by atoms with Gasteiger partial charge in [-0.05, 0) is 39.3 Å². The minimum atomic E-state index is -0.324. The zero-order chi connectivity index (χ0) is 14.3. The maximum absolute atomic E-state index is 11.9. The Labute approximate surface area is 115 Å². The molecule has 3 heteroatoms. The van der Waals surface area contributed by atoms with Gasteiger partial charge in [0.2, 0.25) is 0 Å². The lowest BCUT2D eigenvalue weighted by molar-refractivity contribution is -0.139. The van der Waals surface area contributed by atoms with Crippen LogP contribution < -0.4 is 0 Å². The van der Waals surface area contributed by atoms with Crippen molar-refractivity contribution >= 4 is 12.0 Å². The number of benzene rings is 1. The summed E-state index contributed by atoms with van der Waals surface area (Å²) in [5.41, 5.74) is 1.20. The zero-order valence-electron chi connectivity index (χ0n) is 12.1. The van der Waals surface area contributed by atoms with Crippen LogP contribution in [0, 0.1) is 0 Å². The number of hydrogen-bond acceptors (Lipinski definition) is 3. The monoisotopic (exact) mass is 262 g/mol. The molecule has 0 heterocycles. The molecule has 1 aromatic rings. The average Bonchev–Trinajstić information content (AvgIpc) is 2.35. The number of hydrogen-bond donors (Lipinski definition) is 0. The fraction of sp³-hybridized carbons (Fsp3) is 0.438. The second kappa shape index (κ2) is 7.10. The minimum Gasteiger partial charge on any atom is -0.463 e. The van der Waals surface area contributed by atoms with Gasteiger partial charge in [0.25, 0.3) is 0 Å². The van der Waals surface area contributed by atoms with Crippen molar-refractivity contribution in [3.05, 3.63) is 41.5 Å². The molecule has 0 fully saturated rings. The summed E-state index contributed by atoms with van der Waals surface area (Å²) in [6, 6.07) is 9.68. The third-order valence-corrected chi connectivity index (χ3v) is 2.34. The standard InChI is InChI=1S/C16H22O3/c1-5-18-15(17)14(12-19-16(2,3)4)11-13-9-7-6-8-10-13/h6-11H,5,12H2,1-4H3. The highest BCUT2D eigenvalue weighted by Crippen LogP contribution is 2.13. The van der Waals surface area contributed by atoms with Gasteiger partial charge in [-0.25, -0.2) is 4.79 Å². The molecule has 0 bridgehead atoms. The van der Waals surface area contributed by atoms with Gasteiger partial charge in [0.05, 0.1) is 24.4 Å². The first-order chi connectivity index (χ1) is 8.92. The van der Waals surface area contributed by atoms with Crippen molar-refractivity contribution in [1.82, 2.24) is 0 Å². The lowest BCUT2D eigenvalue weighted by Crippen LogP contribution is -2.23. The van der Waals surface area contributed by atoms with Crippen molar-refractivity contribution in [2.45, 2.75) is 33.3 Å². The first-order valence-corrected chi connectivity index (χ1v) is 6.49. The molecule has 0 amide bonds. The molecule has 0 saturated heterocycles. The Morgan fingerprint density at radius 1 is 1.21 bits per heavy atom. The van der Waals surface area contributed by atoms with Crippen LogP contribution in [0.15, 0.2) is 35.9 Å². The quantitative estimate of drug-likeness (QED) is 0.602. The molecule has 0 radical (unpaired) electrons. The van der Waals surface area contributed by atoms with Crippen molar-refractivity contribution in [2.24, 2.45) is 0 Å². The molecule has 1 aromatic carbocycles. The smallest absolute Gasteiger partial charge is 0.336 e. The molecule has 1 rings (SSSR count). The molecule has 0 atom stereocenters. The van der Waals surface area contributed by atoms with Gasteiger partial charge in [-0.15, -0.1) is 0 Å². The molecule has 104 valence electrons. The number of esters is 1. The zero-order valence-corrected chi connectivity index (χ0v) is 12.1. The fourth-order valence-corrected chi connectivity index (χ4v) is 1.43. The van der Waals surface area contributed by atoms with E-state index < -0.39 is 0 Å². The Morgan fingerprint density at radius 2 is 1.84 bits per heavy atom. The lowest BCUT2D eigenvalue weighted by atomic mass is 10.1. The molecular formula is C16H22O3. The van der Waals surface area contributed by atoms with E-state index in [4.69, 9.17) is 9.47 Å². The van der Waals surface area contributed by atoms with Crippen LogP contribution in [0.4, 0.5) is 0 Å². The molecule has 0 aliphatic rings. The van der Waals surface area contributed by atoms with Gasteiger partial charge in [0, 0.05) is 0 Å². The maximum atomic E-state index is 11.9. The molecule has 19 heavy (non-hydrogen) atoms. The van der Waals surface area contributed by atoms with Gasteiger partial charge < -0.3 is 9.47 Å². The minimum absolute atomic E-state index is 0.247. The number of carbonyl (C=O) groups is 1. The first-order valence-electron chi connectivity index (χ1n) is 6.49. The highest BCUT2D eigenvalue weighted by atomic mass is 16.5. The van der Waals surface area contributed by atoms with Crippen molar-refractivity contribution < 1.29 is 14.3 Å². The molecule has 0 aliphatic heterocycles. The van der Waals surface area contributed by atoms with E-state index in [1.54, 1.807) is 6.92 Å². The van der Waals surface area contributed by atoms with Crippen molar-refractivity contribution in [1.29, 1.82) is 0 Å². The highest BCUT2D eigenvalue weighted by Gasteiger charge is 2.16. The van der Waals surface area contributed by atoms with E-state index in [9.17, 15) is 4.79 Å². The molecule has 0 aromatic heterocycles. The van der Waals surface area contributed by atoms with Crippen LogP contribution in [0.25, 0.3) is 6.08 Å². The Balaban J connectivity index is 2.86.